The van der Waals surface area contributed by atoms with Gasteiger partial charge in [-0.3, -0.25) is 14.7 Å². The van der Waals surface area contributed by atoms with Crippen LogP contribution in [0.5, 0.6) is 0 Å². The zero-order valence-electron chi connectivity index (χ0n) is 21.1. The summed E-state index contributed by atoms with van der Waals surface area (Å²) in [5, 5.41) is 6.60. The molecule has 0 spiro atoms. The van der Waals surface area contributed by atoms with Gasteiger partial charge in [0.05, 0.1) is 0 Å². The van der Waals surface area contributed by atoms with Crippen molar-refractivity contribution in [3.8, 4) is 0 Å². The number of rotatable bonds is 11. The summed E-state index contributed by atoms with van der Waals surface area (Å²) < 4.78 is 0. The number of carbonyl (C=O) groups is 1. The molecule has 2 heterocycles. The van der Waals surface area contributed by atoms with Crippen LogP contribution in [0, 0.1) is 0 Å². The SMILES string of the molecule is CCNC(=NCCCN(C(C)C)C(C)C)NCCC(=O)N1CCN(c2ccccn2)CC1.I. The standard InChI is InChI=1S/C24H43N7O.HI/c1-6-25-24(27-13-9-15-31(20(2)3)21(4)5)28-14-11-23(32)30-18-16-29(17-19-30)22-10-7-8-12-26-22;/h7-8,10,12,20-21H,6,9,11,13-19H2,1-5H3,(H2,25,27,28);1H. The van der Waals surface area contributed by atoms with Gasteiger partial charge >= 0.3 is 0 Å². The fourth-order valence-corrected chi connectivity index (χ4v) is 4.07. The van der Waals surface area contributed by atoms with Crippen LogP contribution in [0.1, 0.15) is 47.5 Å². The molecule has 1 saturated heterocycles. The lowest BCUT2D eigenvalue weighted by Crippen LogP contribution is -2.49. The van der Waals surface area contributed by atoms with Crippen molar-refractivity contribution in [1.82, 2.24) is 25.4 Å². The highest BCUT2D eigenvalue weighted by atomic mass is 127. The highest BCUT2D eigenvalue weighted by molar-refractivity contribution is 14.0. The van der Waals surface area contributed by atoms with Gasteiger partial charge in [-0.2, -0.15) is 0 Å². The molecule has 33 heavy (non-hydrogen) atoms. The number of hydrogen-bond donors (Lipinski definition) is 2. The minimum Gasteiger partial charge on any atom is -0.357 e. The Balaban J connectivity index is 0.00000544. The number of piperazine rings is 1. The number of hydrogen-bond acceptors (Lipinski definition) is 5. The first-order chi connectivity index (χ1) is 15.4. The third-order valence-corrected chi connectivity index (χ3v) is 5.75. The average molecular weight is 574 g/mol. The van der Waals surface area contributed by atoms with E-state index in [4.69, 9.17) is 0 Å². The van der Waals surface area contributed by atoms with E-state index in [1.165, 1.54) is 0 Å². The van der Waals surface area contributed by atoms with E-state index in [0.29, 0.717) is 25.0 Å². The van der Waals surface area contributed by atoms with Crippen LogP contribution >= 0.6 is 24.0 Å². The second-order valence-corrected chi connectivity index (χ2v) is 8.77. The molecule has 9 heteroatoms. The van der Waals surface area contributed by atoms with E-state index in [9.17, 15) is 4.79 Å². The summed E-state index contributed by atoms with van der Waals surface area (Å²) in [6.07, 6.45) is 3.31. The van der Waals surface area contributed by atoms with Crippen LogP contribution in [0.25, 0.3) is 0 Å². The Labute approximate surface area is 217 Å². The van der Waals surface area contributed by atoms with Crippen LogP contribution in [0.4, 0.5) is 5.82 Å². The lowest BCUT2D eigenvalue weighted by atomic mass is 10.2. The maximum atomic E-state index is 12.6. The molecular formula is C24H44IN7O. The number of guanidine groups is 1. The van der Waals surface area contributed by atoms with Crippen LogP contribution < -0.4 is 15.5 Å². The smallest absolute Gasteiger partial charge is 0.224 e. The van der Waals surface area contributed by atoms with Crippen LogP contribution in [-0.2, 0) is 4.79 Å². The lowest BCUT2D eigenvalue weighted by molar-refractivity contribution is -0.131. The molecule has 1 aromatic heterocycles. The normalized spacial score (nSPS) is 14.6. The molecule has 1 fully saturated rings. The summed E-state index contributed by atoms with van der Waals surface area (Å²) in [7, 11) is 0. The minimum atomic E-state index is 0. The molecule has 2 N–H and O–H groups in total. The molecule has 1 amide bonds. The van der Waals surface area contributed by atoms with Gasteiger partial charge < -0.3 is 20.4 Å². The van der Waals surface area contributed by atoms with Crippen LogP contribution in [0.2, 0.25) is 0 Å². The predicted octanol–water partition coefficient (Wildman–Crippen LogP) is 2.80. The molecule has 0 saturated carbocycles. The van der Waals surface area contributed by atoms with E-state index in [2.05, 4.69) is 65.0 Å². The maximum Gasteiger partial charge on any atom is 0.224 e. The fourth-order valence-electron chi connectivity index (χ4n) is 4.07. The van der Waals surface area contributed by atoms with Crippen molar-refractivity contribution >= 4 is 41.7 Å². The van der Waals surface area contributed by atoms with Gasteiger partial charge in [-0.05, 0) is 53.2 Å². The number of pyridine rings is 1. The van der Waals surface area contributed by atoms with Crippen molar-refractivity contribution < 1.29 is 4.79 Å². The Hall–Kier alpha value is -1.62. The van der Waals surface area contributed by atoms with E-state index in [1.807, 2.05) is 29.3 Å². The Morgan fingerprint density at radius 1 is 1.12 bits per heavy atom. The number of aromatic nitrogens is 1. The second kappa shape index (κ2) is 16.1. The van der Waals surface area contributed by atoms with Gasteiger partial charge in [-0.1, -0.05) is 6.07 Å². The number of nitrogens with one attached hydrogen (secondary N) is 2. The first-order valence-electron chi connectivity index (χ1n) is 12.1. The molecule has 0 bridgehead atoms. The zero-order chi connectivity index (χ0) is 23.3. The molecule has 0 unspecified atom stereocenters. The van der Waals surface area contributed by atoms with E-state index in [0.717, 1.165) is 64.0 Å². The van der Waals surface area contributed by atoms with Gasteiger partial charge in [0, 0.05) is 77.1 Å². The van der Waals surface area contributed by atoms with Crippen LogP contribution in [0.15, 0.2) is 29.4 Å². The Bertz CT molecular complexity index is 683. The maximum absolute atomic E-state index is 12.6. The van der Waals surface area contributed by atoms with Crippen molar-refractivity contribution in [2.75, 3.05) is 57.3 Å². The van der Waals surface area contributed by atoms with Crippen LogP contribution in [-0.4, -0.2) is 91.1 Å². The van der Waals surface area contributed by atoms with Gasteiger partial charge in [-0.15, -0.1) is 24.0 Å². The third-order valence-electron chi connectivity index (χ3n) is 5.75. The average Bonchev–Trinajstić information content (AvgIpc) is 2.79. The van der Waals surface area contributed by atoms with Gasteiger partial charge in [0.25, 0.3) is 0 Å². The molecule has 188 valence electrons. The van der Waals surface area contributed by atoms with E-state index in [-0.39, 0.29) is 29.9 Å². The molecule has 1 aliphatic heterocycles. The van der Waals surface area contributed by atoms with Gasteiger partial charge in [-0.25, -0.2) is 4.98 Å². The largest absolute Gasteiger partial charge is 0.357 e. The Morgan fingerprint density at radius 3 is 2.39 bits per heavy atom. The van der Waals surface area contributed by atoms with E-state index in [1.54, 1.807) is 0 Å². The minimum absolute atomic E-state index is 0. The summed E-state index contributed by atoms with van der Waals surface area (Å²) in [5.41, 5.74) is 0. The zero-order valence-corrected chi connectivity index (χ0v) is 23.4. The first kappa shape index (κ1) is 29.4. The van der Waals surface area contributed by atoms with Gasteiger partial charge in [0.2, 0.25) is 5.91 Å². The van der Waals surface area contributed by atoms with Crippen molar-refractivity contribution in [3.05, 3.63) is 24.4 Å². The number of anilines is 1. The van der Waals surface area contributed by atoms with E-state index < -0.39 is 0 Å². The summed E-state index contributed by atoms with van der Waals surface area (Å²) in [6, 6.07) is 7.03. The van der Waals surface area contributed by atoms with Crippen molar-refractivity contribution in [2.24, 2.45) is 4.99 Å². The molecule has 8 nitrogen and oxygen atoms in total. The molecule has 0 radical (unpaired) electrons. The number of aliphatic imine (C=N–C) groups is 1. The molecule has 0 aromatic carbocycles. The summed E-state index contributed by atoms with van der Waals surface area (Å²) in [6.45, 7) is 17.4. The molecule has 0 atom stereocenters. The lowest BCUT2D eigenvalue weighted by Gasteiger charge is -2.35. The summed E-state index contributed by atoms with van der Waals surface area (Å²) >= 11 is 0. The monoisotopic (exact) mass is 573 g/mol. The van der Waals surface area contributed by atoms with Crippen molar-refractivity contribution in [2.45, 2.75) is 59.5 Å². The Morgan fingerprint density at radius 2 is 1.82 bits per heavy atom. The number of carbonyl (C=O) groups excluding carboxylic acids is 1. The van der Waals surface area contributed by atoms with E-state index >= 15 is 0 Å². The molecular weight excluding hydrogens is 529 g/mol. The highest BCUT2D eigenvalue weighted by Crippen LogP contribution is 2.13. The molecule has 0 aliphatic carbocycles. The number of halogens is 1. The molecule has 2 rings (SSSR count). The predicted molar refractivity (Wildman–Crippen MR) is 149 cm³/mol. The summed E-state index contributed by atoms with van der Waals surface area (Å²) in [4.78, 5) is 28.4. The molecule has 1 aliphatic rings. The van der Waals surface area contributed by atoms with Gasteiger partial charge in [0.1, 0.15) is 5.82 Å². The third kappa shape index (κ3) is 10.5. The fraction of sp³-hybridized carbons (Fsp3) is 0.708. The summed E-state index contributed by atoms with van der Waals surface area (Å²) in [5.74, 6) is 1.97. The van der Waals surface area contributed by atoms with Gasteiger partial charge in [0.15, 0.2) is 5.96 Å². The molecule has 1 aromatic rings. The second-order valence-electron chi connectivity index (χ2n) is 8.77. The van der Waals surface area contributed by atoms with Crippen molar-refractivity contribution in [3.63, 3.8) is 0 Å². The highest BCUT2D eigenvalue weighted by Gasteiger charge is 2.21. The van der Waals surface area contributed by atoms with Crippen molar-refractivity contribution in [1.29, 1.82) is 0 Å². The first-order valence-corrected chi connectivity index (χ1v) is 12.1. The van der Waals surface area contributed by atoms with Crippen LogP contribution in [0.3, 0.4) is 0 Å². The Kier molecular flexibility index (Phi) is 14.3. The number of nitrogens with zero attached hydrogens (tertiary/aromatic N) is 5. The number of amides is 1. The quantitative estimate of drug-likeness (QED) is 0.184. The topological polar surface area (TPSA) is 76.1 Å².